The lowest BCUT2D eigenvalue weighted by Gasteiger charge is -2.22. The average Bonchev–Trinajstić information content (AvgIpc) is 3.58. The second-order valence-corrected chi connectivity index (χ2v) is 9.57. The summed E-state index contributed by atoms with van der Waals surface area (Å²) < 4.78 is 2.26. The second-order valence-electron chi connectivity index (χ2n) is 8.47. The van der Waals surface area contributed by atoms with Crippen LogP contribution in [0.4, 0.5) is 11.8 Å². The highest BCUT2D eigenvalue weighted by Crippen LogP contribution is 2.35. The molecule has 1 N–H and O–H groups in total. The maximum absolute atomic E-state index is 11.0. The molecule has 4 heterocycles. The van der Waals surface area contributed by atoms with Gasteiger partial charge in [-0.3, -0.25) is 4.79 Å². The van der Waals surface area contributed by atoms with Gasteiger partial charge in [-0.15, -0.1) is 11.8 Å². The third-order valence-corrected chi connectivity index (χ3v) is 7.19. The molecular weight excluding hydrogens is 422 g/mol. The van der Waals surface area contributed by atoms with Crippen LogP contribution >= 0.6 is 11.8 Å². The largest absolute Gasteiger partial charge is 0.481 e. The minimum absolute atomic E-state index is 0.118. The van der Waals surface area contributed by atoms with E-state index in [9.17, 15) is 4.79 Å². The molecule has 168 valence electrons. The van der Waals surface area contributed by atoms with Gasteiger partial charge in [-0.25, -0.2) is 0 Å². The number of benzene rings is 1. The number of aliphatic carboxylic acids is 1. The number of carbonyl (C=O) groups is 1. The number of fused-ring (bicyclic) bond motifs is 1. The van der Waals surface area contributed by atoms with Gasteiger partial charge in [0.15, 0.2) is 0 Å². The van der Waals surface area contributed by atoms with Gasteiger partial charge in [-0.1, -0.05) is 30.3 Å². The number of aryl methyl sites for hydroxylation is 1. The molecule has 0 spiro atoms. The van der Waals surface area contributed by atoms with Crippen molar-refractivity contribution >= 4 is 40.5 Å². The first-order valence-corrected chi connectivity index (χ1v) is 12.6. The second kappa shape index (κ2) is 9.40. The molecular formula is C24H29N5O2S. The van der Waals surface area contributed by atoms with E-state index in [1.165, 1.54) is 37.4 Å². The Hall–Kier alpha value is -2.74. The SMILES string of the molecule is O=C(O)CSCCn1c(-c2ccccc2)cc2c(N3CCCC3)nc(N3CCCC3)nc21. The maximum atomic E-state index is 11.0. The Morgan fingerprint density at radius 2 is 1.66 bits per heavy atom. The summed E-state index contributed by atoms with van der Waals surface area (Å²) >= 11 is 1.45. The van der Waals surface area contributed by atoms with Gasteiger partial charge in [-0.05, 0) is 37.3 Å². The van der Waals surface area contributed by atoms with Gasteiger partial charge in [0.05, 0.1) is 16.8 Å². The predicted octanol–water partition coefficient (Wildman–Crippen LogP) is 4.12. The Kier molecular flexibility index (Phi) is 6.21. The molecule has 7 nitrogen and oxygen atoms in total. The van der Waals surface area contributed by atoms with E-state index in [0.717, 1.165) is 66.0 Å². The lowest BCUT2D eigenvalue weighted by atomic mass is 10.1. The van der Waals surface area contributed by atoms with Crippen molar-refractivity contribution in [1.82, 2.24) is 14.5 Å². The smallest absolute Gasteiger partial charge is 0.313 e. The third kappa shape index (κ3) is 4.28. The monoisotopic (exact) mass is 451 g/mol. The van der Waals surface area contributed by atoms with Gasteiger partial charge >= 0.3 is 5.97 Å². The first kappa shape index (κ1) is 21.1. The first-order chi connectivity index (χ1) is 15.7. The molecule has 2 aliphatic heterocycles. The number of hydrogen-bond donors (Lipinski definition) is 1. The Morgan fingerprint density at radius 1 is 0.969 bits per heavy atom. The lowest BCUT2D eigenvalue weighted by molar-refractivity contribution is -0.133. The van der Waals surface area contributed by atoms with Gasteiger partial charge in [0.2, 0.25) is 5.95 Å². The van der Waals surface area contributed by atoms with Crippen LogP contribution in [0.15, 0.2) is 36.4 Å². The van der Waals surface area contributed by atoms with E-state index < -0.39 is 5.97 Å². The van der Waals surface area contributed by atoms with Crippen LogP contribution in [-0.2, 0) is 11.3 Å². The van der Waals surface area contributed by atoms with Crippen LogP contribution in [-0.4, -0.2) is 63.3 Å². The van der Waals surface area contributed by atoms with E-state index in [0.29, 0.717) is 6.54 Å². The molecule has 2 fully saturated rings. The summed E-state index contributed by atoms with van der Waals surface area (Å²) in [4.78, 5) is 25.8. The Morgan fingerprint density at radius 3 is 2.34 bits per heavy atom. The van der Waals surface area contributed by atoms with Crippen LogP contribution in [0.1, 0.15) is 25.7 Å². The molecule has 0 saturated carbocycles. The average molecular weight is 452 g/mol. The van der Waals surface area contributed by atoms with Crippen molar-refractivity contribution in [2.24, 2.45) is 0 Å². The molecule has 1 aromatic carbocycles. The van der Waals surface area contributed by atoms with Crippen molar-refractivity contribution in [1.29, 1.82) is 0 Å². The molecule has 3 aromatic rings. The van der Waals surface area contributed by atoms with Gasteiger partial charge in [0.25, 0.3) is 0 Å². The highest BCUT2D eigenvalue weighted by molar-refractivity contribution is 7.99. The highest BCUT2D eigenvalue weighted by Gasteiger charge is 2.25. The standard InChI is InChI=1S/C24H29N5O2S/c30-21(31)17-32-15-14-29-20(18-8-2-1-3-9-18)16-19-22(27-10-4-5-11-27)25-24(26-23(19)29)28-12-6-7-13-28/h1-3,8-9,16H,4-7,10-15,17H2,(H,30,31). The molecule has 2 aromatic heterocycles. The van der Waals surface area contributed by atoms with Crippen LogP contribution < -0.4 is 9.80 Å². The Labute approximate surface area is 192 Å². The van der Waals surface area contributed by atoms with Crippen LogP contribution in [0.2, 0.25) is 0 Å². The van der Waals surface area contributed by atoms with Gasteiger partial charge in [0.1, 0.15) is 11.5 Å². The van der Waals surface area contributed by atoms with Crippen molar-refractivity contribution in [3.8, 4) is 11.3 Å². The van der Waals surface area contributed by atoms with Crippen LogP contribution in [0, 0.1) is 0 Å². The van der Waals surface area contributed by atoms with Crippen LogP contribution in [0.25, 0.3) is 22.3 Å². The molecule has 0 unspecified atom stereocenters. The van der Waals surface area contributed by atoms with E-state index in [4.69, 9.17) is 15.1 Å². The molecule has 2 saturated heterocycles. The number of carboxylic acid groups (broad SMARTS) is 1. The maximum Gasteiger partial charge on any atom is 0.313 e. The number of anilines is 2. The zero-order chi connectivity index (χ0) is 21.9. The Balaban J connectivity index is 1.63. The van der Waals surface area contributed by atoms with Gasteiger partial charge in [-0.2, -0.15) is 9.97 Å². The van der Waals surface area contributed by atoms with Crippen molar-refractivity contribution in [3.05, 3.63) is 36.4 Å². The van der Waals surface area contributed by atoms with Crippen LogP contribution in [0.3, 0.4) is 0 Å². The van der Waals surface area contributed by atoms with Crippen molar-refractivity contribution in [2.75, 3.05) is 47.5 Å². The molecule has 5 rings (SSSR count). The summed E-state index contributed by atoms with van der Waals surface area (Å²) in [6.45, 7) is 4.79. The van der Waals surface area contributed by atoms with Gasteiger partial charge in [0, 0.05) is 38.5 Å². The minimum atomic E-state index is -0.773. The topological polar surface area (TPSA) is 74.5 Å². The number of rotatable bonds is 8. The molecule has 2 aliphatic rings. The number of nitrogens with zero attached hydrogens (tertiary/aromatic N) is 5. The summed E-state index contributed by atoms with van der Waals surface area (Å²) in [6, 6.07) is 12.6. The molecule has 0 aliphatic carbocycles. The summed E-state index contributed by atoms with van der Waals surface area (Å²) in [6.07, 6.45) is 4.76. The van der Waals surface area contributed by atoms with E-state index in [1.807, 2.05) is 6.07 Å². The fourth-order valence-electron chi connectivity index (χ4n) is 4.72. The van der Waals surface area contributed by atoms with Crippen molar-refractivity contribution < 1.29 is 9.90 Å². The van der Waals surface area contributed by atoms with E-state index in [2.05, 4.69) is 44.7 Å². The molecule has 0 bridgehead atoms. The normalized spacial score (nSPS) is 16.4. The number of thioether (sulfide) groups is 1. The predicted molar refractivity (Wildman–Crippen MR) is 131 cm³/mol. The van der Waals surface area contributed by atoms with Crippen molar-refractivity contribution in [2.45, 2.75) is 32.2 Å². The number of hydrogen-bond acceptors (Lipinski definition) is 6. The summed E-state index contributed by atoms with van der Waals surface area (Å²) in [7, 11) is 0. The summed E-state index contributed by atoms with van der Waals surface area (Å²) in [5.74, 6) is 1.94. The van der Waals surface area contributed by atoms with Crippen LogP contribution in [0.5, 0.6) is 0 Å². The van der Waals surface area contributed by atoms with E-state index in [-0.39, 0.29) is 5.75 Å². The summed E-state index contributed by atoms with van der Waals surface area (Å²) in [5, 5.41) is 10.1. The minimum Gasteiger partial charge on any atom is -0.481 e. The lowest BCUT2D eigenvalue weighted by Crippen LogP contribution is -2.24. The molecule has 8 heteroatoms. The van der Waals surface area contributed by atoms with Crippen molar-refractivity contribution in [3.63, 3.8) is 0 Å². The molecule has 32 heavy (non-hydrogen) atoms. The quantitative estimate of drug-likeness (QED) is 0.517. The van der Waals surface area contributed by atoms with Gasteiger partial charge < -0.3 is 19.5 Å². The third-order valence-electron chi connectivity index (χ3n) is 6.27. The molecule has 0 radical (unpaired) electrons. The number of aromatic nitrogens is 3. The fourth-order valence-corrected chi connectivity index (χ4v) is 5.35. The molecule has 0 atom stereocenters. The first-order valence-electron chi connectivity index (χ1n) is 11.5. The zero-order valence-corrected chi connectivity index (χ0v) is 19.1. The summed E-state index contributed by atoms with van der Waals surface area (Å²) in [5.41, 5.74) is 3.22. The highest BCUT2D eigenvalue weighted by atomic mass is 32.2. The fraction of sp³-hybridized carbons (Fsp3) is 0.458. The molecule has 0 amide bonds. The van der Waals surface area contributed by atoms with E-state index >= 15 is 0 Å². The number of carboxylic acids is 1. The van der Waals surface area contributed by atoms with E-state index in [1.54, 1.807) is 0 Å². The Bertz CT molecular complexity index is 1090. The zero-order valence-electron chi connectivity index (χ0n) is 18.2.